The lowest BCUT2D eigenvalue weighted by Gasteiger charge is -2.08. The van der Waals surface area contributed by atoms with Crippen LogP contribution in [0.4, 0.5) is 0 Å². The Balaban J connectivity index is 1.92. The number of ether oxygens (including phenoxy) is 1. The molecule has 21 heavy (non-hydrogen) atoms. The number of amides is 1. The number of hydrogen-bond donors (Lipinski definition) is 2. The Hall–Kier alpha value is -2.66. The van der Waals surface area contributed by atoms with Gasteiger partial charge in [0.1, 0.15) is 5.75 Å². The zero-order valence-electron chi connectivity index (χ0n) is 11.6. The minimum absolute atomic E-state index is 0.523. The van der Waals surface area contributed by atoms with Crippen molar-refractivity contribution in [3.8, 4) is 5.75 Å². The third kappa shape index (κ3) is 4.15. The van der Waals surface area contributed by atoms with Crippen LogP contribution in [0.25, 0.3) is 0 Å². The van der Waals surface area contributed by atoms with Crippen molar-refractivity contribution < 1.29 is 14.6 Å². The summed E-state index contributed by atoms with van der Waals surface area (Å²) in [5.74, 6) is 0.168. The minimum Gasteiger partial charge on any atom is -0.497 e. The van der Waals surface area contributed by atoms with Crippen molar-refractivity contribution in [3.05, 3.63) is 65.7 Å². The van der Waals surface area contributed by atoms with E-state index in [1.807, 2.05) is 18.2 Å². The quantitative estimate of drug-likeness (QED) is 0.650. The van der Waals surface area contributed by atoms with Crippen LogP contribution in [0.15, 0.2) is 59.7 Å². The molecule has 1 amide bonds. The molecule has 2 rings (SSSR count). The molecule has 0 aliphatic heterocycles. The molecule has 2 aromatic rings. The normalized spacial score (nSPS) is 12.1. The van der Waals surface area contributed by atoms with Gasteiger partial charge in [-0.25, -0.2) is 5.43 Å². The molecule has 1 unspecified atom stereocenters. The predicted octanol–water partition coefficient (Wildman–Crippen LogP) is 1.88. The highest BCUT2D eigenvalue weighted by Gasteiger charge is 2.15. The van der Waals surface area contributed by atoms with E-state index in [4.69, 9.17) is 4.74 Å². The first kappa shape index (κ1) is 14.7. The van der Waals surface area contributed by atoms with Gasteiger partial charge in [-0.2, -0.15) is 5.10 Å². The highest BCUT2D eigenvalue weighted by Crippen LogP contribution is 2.12. The molecular weight excluding hydrogens is 268 g/mol. The van der Waals surface area contributed by atoms with E-state index in [1.54, 1.807) is 43.5 Å². The molecule has 0 spiro atoms. The summed E-state index contributed by atoms with van der Waals surface area (Å²) in [5, 5.41) is 13.7. The van der Waals surface area contributed by atoms with Crippen molar-refractivity contribution in [2.24, 2.45) is 5.10 Å². The summed E-state index contributed by atoms with van der Waals surface area (Å²) >= 11 is 0. The molecule has 0 radical (unpaired) electrons. The summed E-state index contributed by atoms with van der Waals surface area (Å²) in [6.07, 6.45) is 0.258. The van der Waals surface area contributed by atoms with Gasteiger partial charge in [0.2, 0.25) is 0 Å². The van der Waals surface area contributed by atoms with Crippen LogP contribution in [0.5, 0.6) is 5.75 Å². The largest absolute Gasteiger partial charge is 0.497 e. The van der Waals surface area contributed by atoms with Crippen molar-refractivity contribution in [1.29, 1.82) is 0 Å². The SMILES string of the molecule is COc1ccc(/C=N/NC(=O)C(O)c2ccccc2)cc1. The molecule has 0 saturated carbocycles. The first-order chi connectivity index (χ1) is 10.2. The lowest BCUT2D eigenvalue weighted by molar-refractivity contribution is -0.129. The predicted molar refractivity (Wildman–Crippen MR) is 80.1 cm³/mol. The van der Waals surface area contributed by atoms with Gasteiger partial charge in [-0.3, -0.25) is 4.79 Å². The van der Waals surface area contributed by atoms with Crippen molar-refractivity contribution in [1.82, 2.24) is 5.43 Å². The van der Waals surface area contributed by atoms with Gasteiger partial charge in [0.25, 0.3) is 5.91 Å². The van der Waals surface area contributed by atoms with Crippen LogP contribution in [-0.2, 0) is 4.79 Å². The summed E-state index contributed by atoms with van der Waals surface area (Å²) in [4.78, 5) is 11.7. The fourth-order valence-electron chi connectivity index (χ4n) is 1.71. The van der Waals surface area contributed by atoms with Crippen molar-refractivity contribution >= 4 is 12.1 Å². The highest BCUT2D eigenvalue weighted by molar-refractivity contribution is 5.85. The Bertz CT molecular complexity index is 609. The third-order valence-corrected chi connectivity index (χ3v) is 2.87. The minimum atomic E-state index is -1.24. The number of methoxy groups -OCH3 is 1. The van der Waals surface area contributed by atoms with Crippen LogP contribution in [0, 0.1) is 0 Å². The smallest absolute Gasteiger partial charge is 0.273 e. The second kappa shape index (κ2) is 7.21. The summed E-state index contributed by atoms with van der Waals surface area (Å²) in [6, 6.07) is 15.9. The molecule has 2 aromatic carbocycles. The molecule has 0 aromatic heterocycles. The average Bonchev–Trinajstić information content (AvgIpc) is 2.55. The Morgan fingerprint density at radius 3 is 2.48 bits per heavy atom. The number of benzene rings is 2. The number of nitrogens with zero attached hydrogens (tertiary/aromatic N) is 1. The third-order valence-electron chi connectivity index (χ3n) is 2.87. The van der Waals surface area contributed by atoms with Crippen LogP contribution in [0.2, 0.25) is 0 Å². The van der Waals surface area contributed by atoms with E-state index in [0.717, 1.165) is 11.3 Å². The van der Waals surface area contributed by atoms with Gasteiger partial charge in [-0.1, -0.05) is 30.3 Å². The highest BCUT2D eigenvalue weighted by atomic mass is 16.5. The summed E-state index contributed by atoms with van der Waals surface area (Å²) in [6.45, 7) is 0. The van der Waals surface area contributed by atoms with E-state index in [2.05, 4.69) is 10.5 Å². The molecule has 0 aliphatic rings. The number of aliphatic hydroxyl groups is 1. The summed E-state index contributed by atoms with van der Waals surface area (Å²) in [7, 11) is 1.59. The Morgan fingerprint density at radius 2 is 1.86 bits per heavy atom. The number of hydrazone groups is 1. The Labute approximate surface area is 122 Å². The molecule has 0 saturated heterocycles. The zero-order valence-corrected chi connectivity index (χ0v) is 11.6. The molecule has 0 aliphatic carbocycles. The molecule has 0 heterocycles. The number of nitrogens with one attached hydrogen (secondary N) is 1. The van der Waals surface area contributed by atoms with E-state index in [1.165, 1.54) is 6.21 Å². The van der Waals surface area contributed by atoms with Crippen LogP contribution in [0.1, 0.15) is 17.2 Å². The number of rotatable bonds is 5. The number of carbonyl (C=O) groups is 1. The monoisotopic (exact) mass is 284 g/mol. The fraction of sp³-hybridized carbons (Fsp3) is 0.125. The van der Waals surface area contributed by atoms with Gasteiger partial charge in [0.15, 0.2) is 6.10 Å². The average molecular weight is 284 g/mol. The lowest BCUT2D eigenvalue weighted by atomic mass is 10.1. The molecule has 1 atom stereocenters. The van der Waals surface area contributed by atoms with Crippen LogP contribution in [0.3, 0.4) is 0 Å². The molecule has 108 valence electrons. The Morgan fingerprint density at radius 1 is 1.19 bits per heavy atom. The lowest BCUT2D eigenvalue weighted by Crippen LogP contribution is -2.25. The molecule has 5 heteroatoms. The second-order valence-electron chi connectivity index (χ2n) is 4.32. The van der Waals surface area contributed by atoms with E-state index in [9.17, 15) is 9.90 Å². The van der Waals surface area contributed by atoms with Gasteiger partial charge in [0, 0.05) is 0 Å². The maximum atomic E-state index is 11.7. The molecular formula is C16H16N2O3. The second-order valence-corrected chi connectivity index (χ2v) is 4.32. The van der Waals surface area contributed by atoms with E-state index in [0.29, 0.717) is 5.56 Å². The Kier molecular flexibility index (Phi) is 5.06. The molecule has 5 nitrogen and oxygen atoms in total. The van der Waals surface area contributed by atoms with Gasteiger partial charge in [-0.05, 0) is 35.4 Å². The number of aliphatic hydroxyl groups excluding tert-OH is 1. The summed E-state index contributed by atoms with van der Waals surface area (Å²) in [5.41, 5.74) is 3.64. The molecule has 0 bridgehead atoms. The molecule has 2 N–H and O–H groups in total. The molecule has 0 fully saturated rings. The zero-order chi connectivity index (χ0) is 15.1. The van der Waals surface area contributed by atoms with E-state index < -0.39 is 12.0 Å². The first-order valence-electron chi connectivity index (χ1n) is 6.40. The van der Waals surface area contributed by atoms with Crippen LogP contribution < -0.4 is 10.2 Å². The topological polar surface area (TPSA) is 70.9 Å². The number of carbonyl (C=O) groups excluding carboxylic acids is 1. The first-order valence-corrected chi connectivity index (χ1v) is 6.40. The van der Waals surface area contributed by atoms with Gasteiger partial charge in [0.05, 0.1) is 13.3 Å². The fourth-order valence-corrected chi connectivity index (χ4v) is 1.71. The van der Waals surface area contributed by atoms with E-state index in [-0.39, 0.29) is 0 Å². The van der Waals surface area contributed by atoms with E-state index >= 15 is 0 Å². The van der Waals surface area contributed by atoms with Crippen molar-refractivity contribution in [3.63, 3.8) is 0 Å². The van der Waals surface area contributed by atoms with Crippen LogP contribution >= 0.6 is 0 Å². The maximum absolute atomic E-state index is 11.7. The van der Waals surface area contributed by atoms with Gasteiger partial charge < -0.3 is 9.84 Å². The van der Waals surface area contributed by atoms with Crippen molar-refractivity contribution in [2.75, 3.05) is 7.11 Å². The standard InChI is InChI=1S/C16H16N2O3/c1-21-14-9-7-12(8-10-14)11-17-18-16(20)15(19)13-5-3-2-4-6-13/h2-11,15,19H,1H3,(H,18,20)/b17-11+. The maximum Gasteiger partial charge on any atom is 0.273 e. The van der Waals surface area contributed by atoms with Crippen molar-refractivity contribution in [2.45, 2.75) is 6.10 Å². The van der Waals surface area contributed by atoms with Gasteiger partial charge >= 0.3 is 0 Å². The van der Waals surface area contributed by atoms with Crippen LogP contribution in [-0.4, -0.2) is 24.3 Å². The van der Waals surface area contributed by atoms with Gasteiger partial charge in [-0.15, -0.1) is 0 Å². The number of hydrogen-bond acceptors (Lipinski definition) is 4. The summed E-state index contributed by atoms with van der Waals surface area (Å²) < 4.78 is 5.05.